The Balaban J connectivity index is 1.30. The lowest BCUT2D eigenvalue weighted by Crippen LogP contribution is -2.01. The van der Waals surface area contributed by atoms with E-state index in [-0.39, 0.29) is 0 Å². The molecule has 10 rings (SSSR count). The van der Waals surface area contributed by atoms with Crippen molar-refractivity contribution >= 4 is 71.2 Å². The molecule has 0 amide bonds. The first kappa shape index (κ1) is 27.1. The molecule has 5 heteroatoms. The average Bonchev–Trinajstić information content (AvgIpc) is 3.80. The third kappa shape index (κ3) is 3.85. The summed E-state index contributed by atoms with van der Waals surface area (Å²) < 4.78 is 10.8. The zero-order valence-electron chi connectivity index (χ0n) is 26.1. The molecule has 0 aliphatic heterocycles. The molecule has 7 aromatic carbocycles. The number of nitriles is 1. The minimum absolute atomic E-state index is 0.525. The van der Waals surface area contributed by atoms with Crippen molar-refractivity contribution in [2.24, 2.45) is 0 Å². The Hall–Kier alpha value is -7.08. The van der Waals surface area contributed by atoms with Crippen molar-refractivity contribution in [3.8, 4) is 28.6 Å². The molecule has 3 aromatic heterocycles. The number of nitrogens with zero attached hydrogens (tertiary/aromatic N) is 4. The standard InChI is InChI=1S/C44H24N4O/c1-46-29-21-28(22-30(23-29)47-38-17-6-2-12-32(38)33-13-3-7-18-39(33)47)31-16-10-11-27(26-45)44(31)48-40-19-8-4-14-34(40)36-25-43-37(24-41(36)48)35-15-5-9-20-42(35)49-43/h2-25H. The summed E-state index contributed by atoms with van der Waals surface area (Å²) >= 11 is 0. The quantitative estimate of drug-likeness (QED) is 0.184. The Kier molecular flexibility index (Phi) is 5.64. The van der Waals surface area contributed by atoms with Gasteiger partial charge in [-0.05, 0) is 66.2 Å². The largest absolute Gasteiger partial charge is 0.456 e. The van der Waals surface area contributed by atoms with Gasteiger partial charge in [-0.2, -0.15) is 5.26 Å². The van der Waals surface area contributed by atoms with Gasteiger partial charge in [-0.15, -0.1) is 0 Å². The van der Waals surface area contributed by atoms with E-state index in [1.807, 2.05) is 66.7 Å². The third-order valence-corrected chi connectivity index (χ3v) is 9.73. The summed E-state index contributed by atoms with van der Waals surface area (Å²) in [5.74, 6) is 0. The van der Waals surface area contributed by atoms with Gasteiger partial charge in [0.15, 0.2) is 5.69 Å². The molecule has 0 saturated heterocycles. The highest BCUT2D eigenvalue weighted by molar-refractivity contribution is 6.17. The van der Waals surface area contributed by atoms with Crippen LogP contribution < -0.4 is 0 Å². The third-order valence-electron chi connectivity index (χ3n) is 9.73. The van der Waals surface area contributed by atoms with Gasteiger partial charge in [0.2, 0.25) is 0 Å². The van der Waals surface area contributed by atoms with Crippen molar-refractivity contribution in [2.45, 2.75) is 0 Å². The van der Waals surface area contributed by atoms with E-state index in [0.29, 0.717) is 11.3 Å². The smallest absolute Gasteiger partial charge is 0.189 e. The second-order valence-electron chi connectivity index (χ2n) is 12.3. The summed E-state index contributed by atoms with van der Waals surface area (Å²) in [4.78, 5) is 3.93. The predicted octanol–water partition coefficient (Wildman–Crippen LogP) is 11.9. The van der Waals surface area contributed by atoms with E-state index >= 15 is 0 Å². The van der Waals surface area contributed by atoms with E-state index in [1.54, 1.807) is 0 Å². The number of hydrogen-bond acceptors (Lipinski definition) is 2. The van der Waals surface area contributed by atoms with Crippen LogP contribution in [0.1, 0.15) is 5.56 Å². The van der Waals surface area contributed by atoms with E-state index in [1.165, 1.54) is 0 Å². The first-order valence-electron chi connectivity index (χ1n) is 16.1. The fourth-order valence-electron chi connectivity index (χ4n) is 7.68. The molecule has 5 nitrogen and oxygen atoms in total. The lowest BCUT2D eigenvalue weighted by molar-refractivity contribution is 0.669. The summed E-state index contributed by atoms with van der Waals surface area (Å²) in [6, 6.07) is 51.8. The Morgan fingerprint density at radius 3 is 1.86 bits per heavy atom. The van der Waals surface area contributed by atoms with Gasteiger partial charge in [-0.1, -0.05) is 84.9 Å². The molecule has 0 unspecified atom stereocenters. The molecule has 49 heavy (non-hydrogen) atoms. The normalized spacial score (nSPS) is 11.6. The van der Waals surface area contributed by atoms with Gasteiger partial charge in [0.25, 0.3) is 0 Å². The second-order valence-corrected chi connectivity index (χ2v) is 12.3. The van der Waals surface area contributed by atoms with Gasteiger partial charge in [-0.3, -0.25) is 0 Å². The van der Waals surface area contributed by atoms with Crippen LogP contribution in [0, 0.1) is 17.9 Å². The molecule has 0 fully saturated rings. The van der Waals surface area contributed by atoms with Crippen LogP contribution in [0.3, 0.4) is 0 Å². The van der Waals surface area contributed by atoms with Gasteiger partial charge in [0, 0.05) is 43.6 Å². The van der Waals surface area contributed by atoms with Crippen LogP contribution >= 0.6 is 0 Å². The topological polar surface area (TPSA) is 51.1 Å². The predicted molar refractivity (Wildman–Crippen MR) is 199 cm³/mol. The van der Waals surface area contributed by atoms with Crippen LogP contribution in [-0.4, -0.2) is 9.13 Å². The van der Waals surface area contributed by atoms with E-state index < -0.39 is 0 Å². The van der Waals surface area contributed by atoms with E-state index in [2.05, 4.69) is 98.9 Å². The van der Waals surface area contributed by atoms with Crippen molar-refractivity contribution in [3.05, 3.63) is 163 Å². The number of rotatable bonds is 3. The molecule has 10 aromatic rings. The first-order chi connectivity index (χ1) is 24.2. The zero-order chi connectivity index (χ0) is 32.6. The molecule has 3 heterocycles. The van der Waals surface area contributed by atoms with Gasteiger partial charge < -0.3 is 13.6 Å². The fraction of sp³-hybridized carbons (Fsp3) is 0. The van der Waals surface area contributed by atoms with E-state index in [0.717, 1.165) is 88.1 Å². The lowest BCUT2D eigenvalue weighted by Gasteiger charge is -2.17. The molecule has 0 atom stereocenters. The van der Waals surface area contributed by atoms with Crippen LogP contribution in [0.25, 0.3) is 92.9 Å². The van der Waals surface area contributed by atoms with Crippen LogP contribution in [0.15, 0.2) is 150 Å². The summed E-state index contributed by atoms with van der Waals surface area (Å²) in [5, 5.41) is 17.1. The molecule has 0 radical (unpaired) electrons. The molecule has 0 saturated carbocycles. The van der Waals surface area contributed by atoms with Crippen molar-refractivity contribution in [2.75, 3.05) is 0 Å². The highest BCUT2D eigenvalue weighted by Gasteiger charge is 2.22. The van der Waals surface area contributed by atoms with Crippen molar-refractivity contribution in [3.63, 3.8) is 0 Å². The minimum Gasteiger partial charge on any atom is -0.456 e. The molecule has 0 aliphatic rings. The number of furan rings is 1. The van der Waals surface area contributed by atoms with Crippen LogP contribution in [0.5, 0.6) is 0 Å². The molecule has 0 N–H and O–H groups in total. The molecule has 226 valence electrons. The van der Waals surface area contributed by atoms with Crippen molar-refractivity contribution in [1.82, 2.24) is 9.13 Å². The molecule has 0 aliphatic carbocycles. The number of aromatic nitrogens is 2. The summed E-state index contributed by atoms with van der Waals surface area (Å²) in [7, 11) is 0. The van der Waals surface area contributed by atoms with Gasteiger partial charge in [-0.25, -0.2) is 4.85 Å². The summed E-state index contributed by atoms with van der Waals surface area (Å²) in [5.41, 5.74) is 10.2. The summed E-state index contributed by atoms with van der Waals surface area (Å²) in [6.45, 7) is 8.11. The first-order valence-corrected chi connectivity index (χ1v) is 16.1. The van der Waals surface area contributed by atoms with E-state index in [4.69, 9.17) is 11.0 Å². The maximum atomic E-state index is 10.6. The Labute approximate surface area is 280 Å². The number of benzene rings is 7. The molecule has 0 bridgehead atoms. The number of fused-ring (bicyclic) bond motifs is 9. The Morgan fingerprint density at radius 1 is 0.531 bits per heavy atom. The van der Waals surface area contributed by atoms with Gasteiger partial charge in [0.05, 0.1) is 39.9 Å². The Morgan fingerprint density at radius 2 is 1.16 bits per heavy atom. The van der Waals surface area contributed by atoms with E-state index in [9.17, 15) is 5.26 Å². The van der Waals surface area contributed by atoms with Crippen molar-refractivity contribution in [1.29, 1.82) is 5.26 Å². The average molecular weight is 625 g/mol. The van der Waals surface area contributed by atoms with Crippen molar-refractivity contribution < 1.29 is 4.42 Å². The highest BCUT2D eigenvalue weighted by atomic mass is 16.3. The van der Waals surface area contributed by atoms with Crippen LogP contribution in [-0.2, 0) is 0 Å². The second kappa shape index (κ2) is 10.2. The van der Waals surface area contributed by atoms with Crippen LogP contribution in [0.4, 0.5) is 5.69 Å². The number of para-hydroxylation sites is 5. The zero-order valence-corrected chi connectivity index (χ0v) is 26.1. The molecule has 0 spiro atoms. The number of hydrogen-bond donors (Lipinski definition) is 0. The minimum atomic E-state index is 0.525. The molecular weight excluding hydrogens is 601 g/mol. The fourth-order valence-corrected chi connectivity index (χ4v) is 7.68. The maximum absolute atomic E-state index is 10.6. The van der Waals surface area contributed by atoms with Gasteiger partial charge in [0.1, 0.15) is 17.2 Å². The maximum Gasteiger partial charge on any atom is 0.189 e. The SMILES string of the molecule is [C-]#[N+]c1cc(-c2cccc(C#N)c2-n2c3ccccc3c3cc4oc5ccccc5c4cc32)cc(-n2c3ccccc3c3ccccc32)c1. The molecular formula is C44H24N4O. The monoisotopic (exact) mass is 624 g/mol. The van der Waals surface area contributed by atoms with Gasteiger partial charge >= 0.3 is 0 Å². The summed E-state index contributed by atoms with van der Waals surface area (Å²) in [6.07, 6.45) is 0. The lowest BCUT2D eigenvalue weighted by atomic mass is 9.98. The Bertz CT molecular complexity index is 3030. The van der Waals surface area contributed by atoms with Crippen LogP contribution in [0.2, 0.25) is 0 Å². The highest BCUT2D eigenvalue weighted by Crippen LogP contribution is 2.42.